The number of hydrogen-bond donors (Lipinski definition) is 2. The molecule has 3 aromatic carbocycles. The molecule has 8 nitrogen and oxygen atoms in total. The fourth-order valence-electron chi connectivity index (χ4n) is 3.86. The first kappa shape index (κ1) is 30.0. The summed E-state index contributed by atoms with van der Waals surface area (Å²) in [4.78, 5) is 15.2. The number of aliphatic hydroxyl groups excluding tert-OH is 1. The van der Waals surface area contributed by atoms with Crippen molar-refractivity contribution in [1.82, 2.24) is 4.98 Å². The van der Waals surface area contributed by atoms with Crippen molar-refractivity contribution in [2.45, 2.75) is 32.3 Å². The summed E-state index contributed by atoms with van der Waals surface area (Å²) in [5.41, 5.74) is 3.43. The SMILES string of the molecule is O=C(O)CCc1ccc(OCCCOCCCOc2c(Cl)cc(-c3nc4ccc(CO)cc4o3)cc2Cl)c(Cl)c1. The molecule has 0 atom stereocenters. The number of rotatable bonds is 15. The number of aromatic nitrogens is 1. The number of carbonyl (C=O) groups is 1. The van der Waals surface area contributed by atoms with Crippen molar-refractivity contribution in [3.63, 3.8) is 0 Å². The number of carboxylic acids is 1. The van der Waals surface area contributed by atoms with E-state index in [2.05, 4.69) is 4.98 Å². The monoisotopic (exact) mass is 607 g/mol. The molecule has 1 heterocycles. The van der Waals surface area contributed by atoms with Gasteiger partial charge in [-0.15, -0.1) is 0 Å². The van der Waals surface area contributed by atoms with Crippen LogP contribution in [-0.2, 0) is 22.6 Å². The summed E-state index contributed by atoms with van der Waals surface area (Å²) in [6, 6.07) is 14.0. The molecule has 0 aliphatic rings. The Balaban J connectivity index is 1.16. The molecule has 0 saturated carbocycles. The lowest BCUT2D eigenvalue weighted by molar-refractivity contribution is -0.136. The predicted molar refractivity (Wildman–Crippen MR) is 154 cm³/mol. The van der Waals surface area contributed by atoms with E-state index < -0.39 is 5.97 Å². The smallest absolute Gasteiger partial charge is 0.303 e. The highest BCUT2D eigenvalue weighted by Crippen LogP contribution is 2.38. The van der Waals surface area contributed by atoms with E-state index in [9.17, 15) is 9.90 Å². The van der Waals surface area contributed by atoms with E-state index in [1.165, 1.54) is 0 Å². The molecule has 1 aromatic heterocycles. The highest BCUT2D eigenvalue weighted by atomic mass is 35.5. The number of fused-ring (bicyclic) bond motifs is 1. The summed E-state index contributed by atoms with van der Waals surface area (Å²) in [5, 5.41) is 19.2. The summed E-state index contributed by atoms with van der Waals surface area (Å²) in [6.07, 6.45) is 1.79. The van der Waals surface area contributed by atoms with Crippen LogP contribution >= 0.6 is 34.8 Å². The van der Waals surface area contributed by atoms with E-state index in [-0.39, 0.29) is 13.0 Å². The number of aliphatic carboxylic acids is 1. The average Bonchev–Trinajstić information content (AvgIpc) is 3.36. The van der Waals surface area contributed by atoms with Crippen LogP contribution < -0.4 is 9.47 Å². The predicted octanol–water partition coefficient (Wildman–Crippen LogP) is 7.22. The Morgan fingerprint density at radius 3 is 2.23 bits per heavy atom. The second-order valence-electron chi connectivity index (χ2n) is 8.92. The molecule has 4 aromatic rings. The fourth-order valence-corrected chi connectivity index (χ4v) is 4.71. The van der Waals surface area contributed by atoms with Crippen LogP contribution in [0.3, 0.4) is 0 Å². The number of nitrogens with zero attached hydrogens (tertiary/aromatic N) is 1. The number of halogens is 3. The van der Waals surface area contributed by atoms with Crippen molar-refractivity contribution in [2.75, 3.05) is 26.4 Å². The second kappa shape index (κ2) is 14.6. The molecule has 0 fully saturated rings. The maximum Gasteiger partial charge on any atom is 0.303 e. The van der Waals surface area contributed by atoms with Crippen LogP contribution in [0.2, 0.25) is 15.1 Å². The molecular weight excluding hydrogens is 581 g/mol. The number of oxazole rings is 1. The van der Waals surface area contributed by atoms with Gasteiger partial charge in [0.1, 0.15) is 11.3 Å². The molecule has 40 heavy (non-hydrogen) atoms. The molecule has 11 heteroatoms. The number of aliphatic hydroxyl groups is 1. The molecule has 0 saturated heterocycles. The molecule has 212 valence electrons. The van der Waals surface area contributed by atoms with Crippen molar-refractivity contribution >= 4 is 51.9 Å². The Bertz CT molecular complexity index is 1430. The van der Waals surface area contributed by atoms with Crippen LogP contribution in [0.15, 0.2) is 52.9 Å². The van der Waals surface area contributed by atoms with Gasteiger partial charge in [-0.2, -0.15) is 0 Å². The van der Waals surface area contributed by atoms with E-state index >= 15 is 0 Å². The third-order valence-corrected chi connectivity index (χ3v) is 6.73. The highest BCUT2D eigenvalue weighted by molar-refractivity contribution is 6.37. The lowest BCUT2D eigenvalue weighted by Gasteiger charge is -2.12. The summed E-state index contributed by atoms with van der Waals surface area (Å²) in [7, 11) is 0. The third kappa shape index (κ3) is 8.25. The van der Waals surface area contributed by atoms with E-state index in [4.69, 9.17) is 58.5 Å². The molecule has 0 aliphatic heterocycles. The van der Waals surface area contributed by atoms with Crippen molar-refractivity contribution in [3.05, 3.63) is 74.7 Å². The van der Waals surface area contributed by atoms with Gasteiger partial charge in [0.05, 0.1) is 34.9 Å². The number of ether oxygens (including phenoxy) is 3. The van der Waals surface area contributed by atoms with Gasteiger partial charge in [-0.1, -0.05) is 46.9 Å². The molecule has 0 bridgehead atoms. The van der Waals surface area contributed by atoms with Crippen molar-refractivity contribution in [3.8, 4) is 23.0 Å². The van der Waals surface area contributed by atoms with Crippen LogP contribution in [0.25, 0.3) is 22.6 Å². The van der Waals surface area contributed by atoms with Gasteiger partial charge in [-0.3, -0.25) is 4.79 Å². The zero-order chi connectivity index (χ0) is 28.5. The number of hydrogen-bond acceptors (Lipinski definition) is 7. The number of aryl methyl sites for hydroxylation is 1. The number of benzene rings is 3. The Hall–Kier alpha value is -3.01. The molecule has 0 spiro atoms. The first-order valence-corrected chi connectivity index (χ1v) is 13.8. The first-order valence-electron chi connectivity index (χ1n) is 12.7. The van der Waals surface area contributed by atoms with E-state index in [1.54, 1.807) is 42.5 Å². The van der Waals surface area contributed by atoms with Crippen LogP contribution in [-0.4, -0.2) is 47.6 Å². The van der Waals surface area contributed by atoms with Gasteiger partial charge in [-0.05, 0) is 53.9 Å². The number of carboxylic acid groups (broad SMARTS) is 1. The topological polar surface area (TPSA) is 111 Å². The Morgan fingerprint density at radius 1 is 0.850 bits per heavy atom. The van der Waals surface area contributed by atoms with Gasteiger partial charge in [0, 0.05) is 38.0 Å². The van der Waals surface area contributed by atoms with Crippen LogP contribution in [0, 0.1) is 0 Å². The second-order valence-corrected chi connectivity index (χ2v) is 10.1. The van der Waals surface area contributed by atoms with Crippen LogP contribution in [0.5, 0.6) is 11.5 Å². The van der Waals surface area contributed by atoms with Gasteiger partial charge in [0.25, 0.3) is 0 Å². The van der Waals surface area contributed by atoms with Gasteiger partial charge < -0.3 is 28.8 Å². The Morgan fingerprint density at radius 2 is 1.55 bits per heavy atom. The lowest BCUT2D eigenvalue weighted by Crippen LogP contribution is -2.07. The summed E-state index contributed by atoms with van der Waals surface area (Å²) < 4.78 is 23.0. The van der Waals surface area contributed by atoms with Crippen molar-refractivity contribution < 1.29 is 33.6 Å². The molecular formula is C29H28Cl3NO7. The van der Waals surface area contributed by atoms with Gasteiger partial charge >= 0.3 is 5.97 Å². The summed E-state index contributed by atoms with van der Waals surface area (Å²) in [6.45, 7) is 1.72. The molecule has 0 aliphatic carbocycles. The van der Waals surface area contributed by atoms with Gasteiger partial charge in [0.2, 0.25) is 5.89 Å². The summed E-state index contributed by atoms with van der Waals surface area (Å²) in [5.74, 6) is 0.459. The van der Waals surface area contributed by atoms with Crippen molar-refractivity contribution in [1.29, 1.82) is 0 Å². The van der Waals surface area contributed by atoms with Gasteiger partial charge in [-0.25, -0.2) is 4.98 Å². The molecule has 2 N–H and O–H groups in total. The fraction of sp³-hybridized carbons (Fsp3) is 0.310. The van der Waals surface area contributed by atoms with Crippen LogP contribution in [0.4, 0.5) is 0 Å². The first-order chi connectivity index (χ1) is 19.3. The zero-order valence-electron chi connectivity index (χ0n) is 21.5. The van der Waals surface area contributed by atoms with Crippen molar-refractivity contribution in [2.24, 2.45) is 0 Å². The molecule has 0 amide bonds. The minimum absolute atomic E-state index is 0.0559. The van der Waals surface area contributed by atoms with Gasteiger partial charge in [0.15, 0.2) is 11.3 Å². The van der Waals surface area contributed by atoms with E-state index in [0.717, 1.165) is 11.1 Å². The van der Waals surface area contributed by atoms with Crippen LogP contribution in [0.1, 0.15) is 30.4 Å². The largest absolute Gasteiger partial charge is 0.492 e. The molecule has 4 rings (SSSR count). The Labute approximate surface area is 246 Å². The standard InChI is InChI=1S/C29H28Cl3NO7/c30-21-13-18(5-8-27(35)36)4-7-25(21)38-11-1-9-37-10-2-12-39-28-22(31)15-20(16-23(28)32)29-33-24-6-3-19(17-34)14-26(24)40-29/h3-4,6-7,13-16,34H,1-2,5,8-12,17H2,(H,35,36). The molecule has 0 radical (unpaired) electrons. The zero-order valence-corrected chi connectivity index (χ0v) is 23.8. The molecule has 0 unspecified atom stereocenters. The third-order valence-electron chi connectivity index (χ3n) is 5.87. The normalized spacial score (nSPS) is 11.2. The maximum absolute atomic E-state index is 10.7. The quantitative estimate of drug-likeness (QED) is 0.136. The maximum atomic E-state index is 10.7. The average molecular weight is 609 g/mol. The minimum Gasteiger partial charge on any atom is -0.492 e. The van der Waals surface area contributed by atoms with E-state index in [0.29, 0.717) is 94.8 Å². The minimum atomic E-state index is -0.846. The lowest BCUT2D eigenvalue weighted by atomic mass is 10.1. The summed E-state index contributed by atoms with van der Waals surface area (Å²) >= 11 is 19.1. The highest BCUT2D eigenvalue weighted by Gasteiger charge is 2.15. The Kier molecular flexibility index (Phi) is 10.9. The van der Waals surface area contributed by atoms with E-state index in [1.807, 2.05) is 6.07 Å².